The number of halogens is 1. The minimum Gasteiger partial charge on any atom is -0.334 e. The van der Waals surface area contributed by atoms with Crippen molar-refractivity contribution in [2.75, 3.05) is 0 Å². The number of hydrogen-bond donors (Lipinski definition) is 1. The fourth-order valence-electron chi connectivity index (χ4n) is 1.85. The maximum Gasteiger partial charge on any atom is 0.0955 e. The number of rotatable bonds is 2. The number of hydrogen-bond acceptors (Lipinski definition) is 2. The van der Waals surface area contributed by atoms with Gasteiger partial charge in [0.2, 0.25) is 0 Å². The lowest BCUT2D eigenvalue weighted by Crippen LogP contribution is -2.18. The van der Waals surface area contributed by atoms with Gasteiger partial charge in [0.25, 0.3) is 0 Å². The van der Waals surface area contributed by atoms with Crippen molar-refractivity contribution in [2.45, 2.75) is 19.4 Å². The Bertz CT molecular complexity index is 488. The van der Waals surface area contributed by atoms with E-state index in [1.807, 2.05) is 30.9 Å². The zero-order chi connectivity index (χ0) is 11.0. The number of benzene rings is 1. The van der Waals surface area contributed by atoms with Crippen LogP contribution in [0.3, 0.4) is 0 Å². The van der Waals surface area contributed by atoms with Gasteiger partial charge in [0.05, 0.1) is 17.4 Å². The standard InChI is InChI=1S/C11H14BrN3/c1-7(13)3-8-4-9(12)5-10-11(8)15(2)6-14-10/h4-7H,3,13H2,1-2H3. The normalized spacial score (nSPS) is 13.3. The average molecular weight is 268 g/mol. The fraction of sp³-hybridized carbons (Fsp3) is 0.364. The third kappa shape index (κ3) is 2.06. The van der Waals surface area contributed by atoms with Gasteiger partial charge in [-0.3, -0.25) is 0 Å². The summed E-state index contributed by atoms with van der Waals surface area (Å²) in [5.41, 5.74) is 9.28. The zero-order valence-electron chi connectivity index (χ0n) is 8.87. The summed E-state index contributed by atoms with van der Waals surface area (Å²) in [5, 5.41) is 0. The highest BCUT2D eigenvalue weighted by atomic mass is 79.9. The van der Waals surface area contributed by atoms with E-state index >= 15 is 0 Å². The maximum absolute atomic E-state index is 5.84. The third-order valence-corrected chi connectivity index (χ3v) is 2.86. The molecule has 1 aromatic carbocycles. The minimum atomic E-state index is 0.164. The lowest BCUT2D eigenvalue weighted by Gasteiger charge is -2.08. The lowest BCUT2D eigenvalue weighted by molar-refractivity contribution is 0.738. The van der Waals surface area contributed by atoms with Crippen LogP contribution < -0.4 is 5.73 Å². The minimum absolute atomic E-state index is 0.164. The summed E-state index contributed by atoms with van der Waals surface area (Å²) in [7, 11) is 2.01. The predicted molar refractivity (Wildman–Crippen MR) is 65.8 cm³/mol. The Morgan fingerprint density at radius 3 is 2.93 bits per heavy atom. The molecule has 0 fully saturated rings. The van der Waals surface area contributed by atoms with Crippen molar-refractivity contribution in [1.29, 1.82) is 0 Å². The van der Waals surface area contributed by atoms with Gasteiger partial charge in [-0.25, -0.2) is 4.98 Å². The largest absolute Gasteiger partial charge is 0.334 e. The highest BCUT2D eigenvalue weighted by Gasteiger charge is 2.09. The molecular weight excluding hydrogens is 254 g/mol. The van der Waals surface area contributed by atoms with E-state index in [0.29, 0.717) is 0 Å². The summed E-state index contributed by atoms with van der Waals surface area (Å²) in [5.74, 6) is 0. The Morgan fingerprint density at radius 1 is 1.53 bits per heavy atom. The number of fused-ring (bicyclic) bond motifs is 1. The first-order valence-corrected chi connectivity index (χ1v) is 5.72. The molecule has 4 heteroatoms. The molecule has 2 N–H and O–H groups in total. The first-order chi connectivity index (χ1) is 7.08. The van der Waals surface area contributed by atoms with Crippen LogP contribution in [0.2, 0.25) is 0 Å². The van der Waals surface area contributed by atoms with Crippen molar-refractivity contribution < 1.29 is 0 Å². The van der Waals surface area contributed by atoms with E-state index in [1.54, 1.807) is 0 Å². The van der Waals surface area contributed by atoms with Crippen molar-refractivity contribution >= 4 is 27.0 Å². The number of aromatic nitrogens is 2. The molecule has 80 valence electrons. The van der Waals surface area contributed by atoms with Crippen molar-refractivity contribution in [3.8, 4) is 0 Å². The monoisotopic (exact) mass is 267 g/mol. The van der Waals surface area contributed by atoms with Crippen molar-refractivity contribution in [1.82, 2.24) is 9.55 Å². The smallest absolute Gasteiger partial charge is 0.0955 e. The van der Waals surface area contributed by atoms with Gasteiger partial charge in [-0.05, 0) is 31.0 Å². The molecule has 1 aromatic heterocycles. The van der Waals surface area contributed by atoms with Crippen LogP contribution in [0.5, 0.6) is 0 Å². The molecule has 0 amide bonds. The van der Waals surface area contributed by atoms with E-state index in [4.69, 9.17) is 5.73 Å². The van der Waals surface area contributed by atoms with E-state index in [-0.39, 0.29) is 6.04 Å². The Balaban J connectivity index is 2.63. The van der Waals surface area contributed by atoms with Gasteiger partial charge in [-0.1, -0.05) is 15.9 Å². The third-order valence-electron chi connectivity index (χ3n) is 2.40. The Hall–Kier alpha value is -0.870. The van der Waals surface area contributed by atoms with Gasteiger partial charge in [0.15, 0.2) is 0 Å². The second-order valence-electron chi connectivity index (χ2n) is 3.97. The second-order valence-corrected chi connectivity index (χ2v) is 4.89. The molecule has 0 spiro atoms. The molecule has 15 heavy (non-hydrogen) atoms. The molecule has 1 atom stereocenters. The summed E-state index contributed by atoms with van der Waals surface area (Å²) in [6, 6.07) is 4.31. The van der Waals surface area contributed by atoms with E-state index in [2.05, 4.69) is 27.0 Å². The SMILES string of the molecule is CC(N)Cc1cc(Br)cc2ncn(C)c12. The Morgan fingerprint density at radius 2 is 2.27 bits per heavy atom. The number of nitrogens with zero attached hydrogens (tertiary/aromatic N) is 2. The van der Waals surface area contributed by atoms with Gasteiger partial charge in [0, 0.05) is 17.6 Å². The van der Waals surface area contributed by atoms with Crippen LogP contribution >= 0.6 is 15.9 Å². The Labute approximate surface area is 97.4 Å². The molecule has 0 saturated carbocycles. The van der Waals surface area contributed by atoms with Crippen molar-refractivity contribution in [3.63, 3.8) is 0 Å². The van der Waals surface area contributed by atoms with E-state index in [9.17, 15) is 0 Å². The molecule has 0 bridgehead atoms. The van der Waals surface area contributed by atoms with Crippen LogP contribution in [-0.2, 0) is 13.5 Å². The van der Waals surface area contributed by atoms with E-state index in [1.165, 1.54) is 11.1 Å². The van der Waals surface area contributed by atoms with Crippen LogP contribution in [0.25, 0.3) is 11.0 Å². The van der Waals surface area contributed by atoms with Gasteiger partial charge >= 0.3 is 0 Å². The van der Waals surface area contributed by atoms with E-state index < -0.39 is 0 Å². The molecule has 0 aliphatic carbocycles. The van der Waals surface area contributed by atoms with Crippen LogP contribution in [0.1, 0.15) is 12.5 Å². The highest BCUT2D eigenvalue weighted by Crippen LogP contribution is 2.23. The number of aryl methyl sites for hydroxylation is 1. The van der Waals surface area contributed by atoms with Crippen LogP contribution in [0, 0.1) is 0 Å². The van der Waals surface area contributed by atoms with Gasteiger partial charge in [-0.15, -0.1) is 0 Å². The predicted octanol–water partition coefficient (Wildman–Crippen LogP) is 2.23. The first-order valence-electron chi connectivity index (χ1n) is 4.93. The van der Waals surface area contributed by atoms with Crippen LogP contribution in [-0.4, -0.2) is 15.6 Å². The van der Waals surface area contributed by atoms with Gasteiger partial charge in [-0.2, -0.15) is 0 Å². The highest BCUT2D eigenvalue weighted by molar-refractivity contribution is 9.10. The quantitative estimate of drug-likeness (QED) is 0.907. The molecule has 0 radical (unpaired) electrons. The van der Waals surface area contributed by atoms with Crippen LogP contribution in [0.4, 0.5) is 0 Å². The molecule has 0 aliphatic heterocycles. The number of imidazole rings is 1. The summed E-state index contributed by atoms with van der Waals surface area (Å²) >= 11 is 3.49. The topological polar surface area (TPSA) is 43.8 Å². The van der Waals surface area contributed by atoms with Gasteiger partial charge < -0.3 is 10.3 Å². The molecule has 2 aromatic rings. The average Bonchev–Trinajstić information content (AvgIpc) is 2.46. The zero-order valence-corrected chi connectivity index (χ0v) is 10.5. The Kier molecular flexibility index (Phi) is 2.80. The van der Waals surface area contributed by atoms with Gasteiger partial charge in [0.1, 0.15) is 0 Å². The molecule has 1 unspecified atom stereocenters. The molecular formula is C11H14BrN3. The molecule has 3 nitrogen and oxygen atoms in total. The van der Waals surface area contributed by atoms with E-state index in [0.717, 1.165) is 16.4 Å². The summed E-state index contributed by atoms with van der Waals surface area (Å²) in [4.78, 5) is 4.34. The molecule has 2 rings (SSSR count). The second kappa shape index (κ2) is 3.94. The summed E-state index contributed by atoms with van der Waals surface area (Å²) < 4.78 is 3.10. The molecule has 0 aliphatic rings. The summed E-state index contributed by atoms with van der Waals surface area (Å²) in [6.45, 7) is 2.02. The molecule has 1 heterocycles. The maximum atomic E-state index is 5.84. The fourth-order valence-corrected chi connectivity index (χ4v) is 2.35. The first kappa shape index (κ1) is 10.6. The lowest BCUT2D eigenvalue weighted by atomic mass is 10.1. The molecule has 0 saturated heterocycles. The van der Waals surface area contributed by atoms with Crippen molar-refractivity contribution in [3.05, 3.63) is 28.5 Å². The number of nitrogens with two attached hydrogens (primary N) is 1. The summed E-state index contributed by atoms with van der Waals surface area (Å²) in [6.07, 6.45) is 2.71. The van der Waals surface area contributed by atoms with Crippen molar-refractivity contribution in [2.24, 2.45) is 12.8 Å². The van der Waals surface area contributed by atoms with Crippen LogP contribution in [0.15, 0.2) is 22.9 Å².